The lowest BCUT2D eigenvalue weighted by Crippen LogP contribution is -2.07. The first-order valence-corrected chi connectivity index (χ1v) is 7.65. The molecule has 116 valence electrons. The number of halogens is 1. The van der Waals surface area contributed by atoms with Crippen LogP contribution in [0.3, 0.4) is 0 Å². The van der Waals surface area contributed by atoms with Crippen LogP contribution in [-0.4, -0.2) is 18.0 Å². The second kappa shape index (κ2) is 6.58. The number of hydrogen-bond acceptors (Lipinski definition) is 4. The minimum atomic E-state index is -0.372. The summed E-state index contributed by atoms with van der Waals surface area (Å²) in [6.45, 7) is 0. The van der Waals surface area contributed by atoms with Gasteiger partial charge in [-0.1, -0.05) is 29.5 Å². The van der Waals surface area contributed by atoms with Gasteiger partial charge in [0.05, 0.1) is 17.3 Å². The van der Waals surface area contributed by atoms with E-state index < -0.39 is 0 Å². The highest BCUT2D eigenvalue weighted by Gasteiger charge is 2.07. The molecule has 1 heterocycles. The first kappa shape index (κ1) is 15.2. The molecule has 0 aliphatic carbocycles. The number of benzene rings is 2. The van der Waals surface area contributed by atoms with Gasteiger partial charge in [0.2, 0.25) is 5.91 Å². The SMILES string of the molecule is COc1ccc2nc(NC(=O)/C=C/c3ccccc3F)sc2c1. The van der Waals surface area contributed by atoms with Gasteiger partial charge in [-0.25, -0.2) is 9.37 Å². The average Bonchev–Trinajstić information content (AvgIpc) is 2.95. The van der Waals surface area contributed by atoms with Crippen LogP contribution in [0.1, 0.15) is 5.56 Å². The van der Waals surface area contributed by atoms with Crippen molar-refractivity contribution in [3.63, 3.8) is 0 Å². The van der Waals surface area contributed by atoms with Crippen molar-refractivity contribution in [3.8, 4) is 5.75 Å². The second-order valence-electron chi connectivity index (χ2n) is 4.70. The smallest absolute Gasteiger partial charge is 0.250 e. The highest BCUT2D eigenvalue weighted by atomic mass is 32.1. The monoisotopic (exact) mass is 328 g/mol. The van der Waals surface area contributed by atoms with Gasteiger partial charge in [0.25, 0.3) is 0 Å². The number of thiazole rings is 1. The molecule has 2 aromatic carbocycles. The third-order valence-electron chi connectivity index (χ3n) is 3.15. The molecular formula is C17H13FN2O2S. The Morgan fingerprint density at radius 2 is 2.13 bits per heavy atom. The van der Waals surface area contributed by atoms with E-state index in [0.29, 0.717) is 10.7 Å². The van der Waals surface area contributed by atoms with Gasteiger partial charge >= 0.3 is 0 Å². The summed E-state index contributed by atoms with van der Waals surface area (Å²) >= 11 is 1.35. The van der Waals surface area contributed by atoms with Crippen LogP contribution in [0, 0.1) is 5.82 Å². The molecule has 0 saturated carbocycles. The molecule has 0 bridgehead atoms. The van der Waals surface area contributed by atoms with Crippen molar-refractivity contribution in [1.82, 2.24) is 4.98 Å². The fourth-order valence-corrected chi connectivity index (χ4v) is 2.91. The number of rotatable bonds is 4. The van der Waals surface area contributed by atoms with Crippen molar-refractivity contribution in [2.24, 2.45) is 0 Å². The zero-order chi connectivity index (χ0) is 16.2. The first-order valence-electron chi connectivity index (χ1n) is 6.84. The average molecular weight is 328 g/mol. The summed E-state index contributed by atoms with van der Waals surface area (Å²) in [6.07, 6.45) is 2.71. The molecule has 0 fully saturated rings. The molecule has 3 aromatic rings. The van der Waals surface area contributed by atoms with Gasteiger partial charge in [0.1, 0.15) is 11.6 Å². The molecule has 1 amide bonds. The quantitative estimate of drug-likeness (QED) is 0.734. The Morgan fingerprint density at radius 3 is 2.91 bits per heavy atom. The summed E-state index contributed by atoms with van der Waals surface area (Å²) in [6, 6.07) is 11.8. The van der Waals surface area contributed by atoms with Gasteiger partial charge in [-0.3, -0.25) is 10.1 Å². The summed E-state index contributed by atoms with van der Waals surface area (Å²) in [5, 5.41) is 3.16. The van der Waals surface area contributed by atoms with E-state index in [1.165, 1.54) is 29.6 Å². The maximum atomic E-state index is 13.5. The molecule has 0 atom stereocenters. The zero-order valence-electron chi connectivity index (χ0n) is 12.2. The number of methoxy groups -OCH3 is 1. The fourth-order valence-electron chi connectivity index (χ4n) is 2.01. The lowest BCUT2D eigenvalue weighted by atomic mass is 10.2. The van der Waals surface area contributed by atoms with Crippen LogP contribution in [0.2, 0.25) is 0 Å². The number of carbonyl (C=O) groups excluding carboxylic acids is 1. The number of aromatic nitrogens is 1. The number of hydrogen-bond donors (Lipinski definition) is 1. The highest BCUT2D eigenvalue weighted by molar-refractivity contribution is 7.22. The summed E-state index contributed by atoms with van der Waals surface area (Å²) in [5.41, 5.74) is 1.14. The van der Waals surface area contributed by atoms with E-state index >= 15 is 0 Å². The van der Waals surface area contributed by atoms with Crippen molar-refractivity contribution < 1.29 is 13.9 Å². The summed E-state index contributed by atoms with van der Waals surface area (Å²) in [7, 11) is 1.60. The van der Waals surface area contributed by atoms with Gasteiger partial charge in [0, 0.05) is 11.6 Å². The lowest BCUT2D eigenvalue weighted by Gasteiger charge is -1.97. The Balaban J connectivity index is 1.74. The molecule has 23 heavy (non-hydrogen) atoms. The number of nitrogens with one attached hydrogen (secondary N) is 1. The van der Waals surface area contributed by atoms with Crippen molar-refractivity contribution in [3.05, 3.63) is 59.9 Å². The summed E-state index contributed by atoms with van der Waals surface area (Å²) < 4.78 is 19.5. The van der Waals surface area contributed by atoms with Gasteiger partial charge in [-0.2, -0.15) is 0 Å². The number of anilines is 1. The Bertz CT molecular complexity index is 889. The van der Waals surface area contributed by atoms with Crippen LogP contribution in [-0.2, 0) is 4.79 Å². The molecule has 0 aliphatic rings. The van der Waals surface area contributed by atoms with E-state index in [2.05, 4.69) is 10.3 Å². The van der Waals surface area contributed by atoms with Gasteiger partial charge in [-0.05, 0) is 30.3 Å². The molecule has 0 aliphatic heterocycles. The molecule has 0 unspecified atom stereocenters. The molecule has 4 nitrogen and oxygen atoms in total. The van der Waals surface area contributed by atoms with Crippen LogP contribution in [0.5, 0.6) is 5.75 Å². The third kappa shape index (κ3) is 3.54. The van der Waals surface area contributed by atoms with Crippen LogP contribution >= 0.6 is 11.3 Å². The molecular weight excluding hydrogens is 315 g/mol. The minimum Gasteiger partial charge on any atom is -0.497 e. The van der Waals surface area contributed by atoms with Crippen molar-refractivity contribution >= 4 is 38.7 Å². The topological polar surface area (TPSA) is 51.2 Å². The number of amides is 1. The van der Waals surface area contributed by atoms with E-state index in [1.54, 1.807) is 25.3 Å². The summed E-state index contributed by atoms with van der Waals surface area (Å²) in [5.74, 6) is 0.00128. The van der Waals surface area contributed by atoms with Gasteiger partial charge in [0.15, 0.2) is 5.13 Å². The predicted molar refractivity (Wildman–Crippen MR) is 90.2 cm³/mol. The molecule has 1 N–H and O–H groups in total. The molecule has 6 heteroatoms. The zero-order valence-corrected chi connectivity index (χ0v) is 13.1. The Kier molecular flexibility index (Phi) is 4.34. The van der Waals surface area contributed by atoms with E-state index in [4.69, 9.17) is 4.74 Å². The molecule has 0 radical (unpaired) electrons. The lowest BCUT2D eigenvalue weighted by molar-refractivity contribution is -0.111. The van der Waals surface area contributed by atoms with Crippen LogP contribution in [0.4, 0.5) is 9.52 Å². The predicted octanol–water partition coefficient (Wildman–Crippen LogP) is 4.10. The first-order chi connectivity index (χ1) is 11.2. The Labute approximate surface area is 136 Å². The molecule has 0 saturated heterocycles. The fraction of sp³-hybridized carbons (Fsp3) is 0.0588. The van der Waals surface area contributed by atoms with Crippen LogP contribution in [0.15, 0.2) is 48.5 Å². The Hall–Kier alpha value is -2.73. The number of carbonyl (C=O) groups is 1. The largest absolute Gasteiger partial charge is 0.497 e. The second-order valence-corrected chi connectivity index (χ2v) is 5.73. The third-order valence-corrected chi connectivity index (χ3v) is 4.08. The van der Waals surface area contributed by atoms with Crippen LogP contribution < -0.4 is 10.1 Å². The Morgan fingerprint density at radius 1 is 1.30 bits per heavy atom. The number of nitrogens with zero attached hydrogens (tertiary/aromatic N) is 1. The molecule has 1 aromatic heterocycles. The number of ether oxygens (including phenoxy) is 1. The van der Waals surface area contributed by atoms with Crippen molar-refractivity contribution in [2.45, 2.75) is 0 Å². The maximum absolute atomic E-state index is 13.5. The van der Waals surface area contributed by atoms with E-state index in [1.807, 2.05) is 18.2 Å². The van der Waals surface area contributed by atoms with Crippen molar-refractivity contribution in [1.29, 1.82) is 0 Å². The summed E-state index contributed by atoms with van der Waals surface area (Å²) in [4.78, 5) is 16.2. The molecule has 3 rings (SSSR count). The van der Waals surface area contributed by atoms with Gasteiger partial charge in [-0.15, -0.1) is 0 Å². The van der Waals surface area contributed by atoms with Gasteiger partial charge < -0.3 is 4.74 Å². The standard InChI is InChI=1S/C17H13FN2O2S/c1-22-12-7-8-14-15(10-12)23-17(19-14)20-16(21)9-6-11-4-2-3-5-13(11)18/h2-10H,1H3,(H,19,20,21)/b9-6+. The maximum Gasteiger partial charge on any atom is 0.250 e. The normalized spacial score (nSPS) is 11.0. The highest BCUT2D eigenvalue weighted by Crippen LogP contribution is 2.29. The van der Waals surface area contributed by atoms with E-state index in [-0.39, 0.29) is 11.7 Å². The van der Waals surface area contributed by atoms with E-state index in [9.17, 15) is 9.18 Å². The molecule has 0 spiro atoms. The minimum absolute atomic E-state index is 0.358. The van der Waals surface area contributed by atoms with E-state index in [0.717, 1.165) is 16.0 Å². The number of fused-ring (bicyclic) bond motifs is 1. The van der Waals surface area contributed by atoms with Crippen molar-refractivity contribution in [2.75, 3.05) is 12.4 Å². The van der Waals surface area contributed by atoms with Crippen LogP contribution in [0.25, 0.3) is 16.3 Å².